The summed E-state index contributed by atoms with van der Waals surface area (Å²) in [5.74, 6) is 0.193. The molecule has 0 saturated heterocycles. The lowest BCUT2D eigenvalue weighted by molar-refractivity contribution is 0.102. The number of aromatic nitrogens is 3. The molecule has 0 radical (unpaired) electrons. The topological polar surface area (TPSA) is 103 Å². The number of hydrogen-bond donors (Lipinski definition) is 2. The molecule has 1 amide bonds. The fourth-order valence-electron chi connectivity index (χ4n) is 1.44. The van der Waals surface area contributed by atoms with Gasteiger partial charge in [0.05, 0.1) is 13.3 Å². The first-order valence-corrected chi connectivity index (χ1v) is 5.51. The second-order valence-corrected chi connectivity index (χ2v) is 3.76. The van der Waals surface area contributed by atoms with Crippen molar-refractivity contribution in [3.8, 4) is 5.88 Å². The largest absolute Gasteiger partial charge is 0.480 e. The van der Waals surface area contributed by atoms with Crippen molar-refractivity contribution in [2.45, 2.75) is 6.92 Å². The molecule has 2 rings (SSSR count). The molecule has 0 fully saturated rings. The smallest absolute Gasteiger partial charge is 0.279 e. The summed E-state index contributed by atoms with van der Waals surface area (Å²) in [5, 5.41) is 2.60. The zero-order chi connectivity index (χ0) is 13.8. The van der Waals surface area contributed by atoms with E-state index < -0.39 is 5.91 Å². The maximum atomic E-state index is 12.0. The molecule has 0 spiro atoms. The molecule has 3 N–H and O–H groups in total. The summed E-state index contributed by atoms with van der Waals surface area (Å²) in [6, 6.07) is 5.29. The molecule has 0 aliphatic heterocycles. The monoisotopic (exact) mass is 259 g/mol. The maximum Gasteiger partial charge on any atom is 0.279 e. The van der Waals surface area contributed by atoms with Crippen LogP contribution in [0.4, 0.5) is 11.6 Å². The Hall–Kier alpha value is -2.70. The Morgan fingerprint density at radius 2 is 2.16 bits per heavy atom. The predicted molar refractivity (Wildman–Crippen MR) is 69.9 cm³/mol. The van der Waals surface area contributed by atoms with E-state index in [0.29, 0.717) is 5.82 Å². The molecule has 0 bridgehead atoms. The van der Waals surface area contributed by atoms with Gasteiger partial charge in [-0.15, -0.1) is 0 Å². The minimum Gasteiger partial charge on any atom is -0.480 e. The van der Waals surface area contributed by atoms with Crippen LogP contribution in [0, 0.1) is 6.92 Å². The second kappa shape index (κ2) is 5.30. The number of amides is 1. The van der Waals surface area contributed by atoms with E-state index in [9.17, 15) is 4.79 Å². The first-order valence-electron chi connectivity index (χ1n) is 5.51. The van der Waals surface area contributed by atoms with Crippen molar-refractivity contribution >= 4 is 17.5 Å². The highest BCUT2D eigenvalue weighted by Gasteiger charge is 2.15. The number of nitrogen functional groups attached to an aromatic ring is 1. The number of anilines is 2. The van der Waals surface area contributed by atoms with E-state index in [1.807, 2.05) is 13.0 Å². The minimum absolute atomic E-state index is 0.00246. The molecule has 2 aromatic rings. The number of hydrogen-bond acceptors (Lipinski definition) is 6. The third-order valence-electron chi connectivity index (χ3n) is 2.33. The van der Waals surface area contributed by atoms with Gasteiger partial charge in [0.25, 0.3) is 5.91 Å². The summed E-state index contributed by atoms with van der Waals surface area (Å²) in [7, 11) is 1.43. The minimum atomic E-state index is -0.484. The van der Waals surface area contributed by atoms with Gasteiger partial charge in [0.15, 0.2) is 11.5 Å². The highest BCUT2D eigenvalue weighted by Crippen LogP contribution is 2.13. The van der Waals surface area contributed by atoms with Crippen molar-refractivity contribution in [1.82, 2.24) is 15.0 Å². The molecule has 7 nitrogen and oxygen atoms in total. The highest BCUT2D eigenvalue weighted by atomic mass is 16.5. The van der Waals surface area contributed by atoms with E-state index in [1.54, 1.807) is 12.1 Å². The molecule has 0 unspecified atom stereocenters. The van der Waals surface area contributed by atoms with Crippen LogP contribution in [0.3, 0.4) is 0 Å². The number of carbonyl (C=O) groups excluding carboxylic acids is 1. The molecule has 0 aliphatic rings. The van der Waals surface area contributed by atoms with Gasteiger partial charge in [0, 0.05) is 5.69 Å². The van der Waals surface area contributed by atoms with Crippen LogP contribution in [0.15, 0.2) is 24.4 Å². The zero-order valence-electron chi connectivity index (χ0n) is 10.5. The average Bonchev–Trinajstić information content (AvgIpc) is 2.39. The van der Waals surface area contributed by atoms with Gasteiger partial charge in [0.1, 0.15) is 5.82 Å². The van der Waals surface area contributed by atoms with Crippen LogP contribution in [0.1, 0.15) is 16.2 Å². The van der Waals surface area contributed by atoms with Gasteiger partial charge >= 0.3 is 0 Å². The Bertz CT molecular complexity index is 615. The molecule has 0 saturated carbocycles. The lowest BCUT2D eigenvalue weighted by atomic mass is 10.3. The van der Waals surface area contributed by atoms with Crippen molar-refractivity contribution in [3.63, 3.8) is 0 Å². The van der Waals surface area contributed by atoms with Gasteiger partial charge in [-0.05, 0) is 19.1 Å². The standard InChI is InChI=1S/C12H13N5O2/c1-7-4-3-5-8(15-7)16-12(18)10-11(13)14-6-9(17-10)19-2/h3-6H,1-2H3,(H2,13,14)(H,15,16,18). The third-order valence-corrected chi connectivity index (χ3v) is 2.33. The number of carbonyl (C=O) groups is 1. The molecule has 2 heterocycles. The Morgan fingerprint density at radius 1 is 1.37 bits per heavy atom. The zero-order valence-corrected chi connectivity index (χ0v) is 10.5. The fraction of sp³-hybridized carbons (Fsp3) is 0.167. The quantitative estimate of drug-likeness (QED) is 0.853. The van der Waals surface area contributed by atoms with E-state index in [-0.39, 0.29) is 17.4 Å². The molecule has 0 aromatic carbocycles. The number of aryl methyl sites for hydroxylation is 1. The molecule has 0 atom stereocenters. The van der Waals surface area contributed by atoms with E-state index in [1.165, 1.54) is 13.3 Å². The Labute approximate surface area is 109 Å². The van der Waals surface area contributed by atoms with Crippen molar-refractivity contribution in [2.24, 2.45) is 0 Å². The lowest BCUT2D eigenvalue weighted by Gasteiger charge is -2.07. The highest BCUT2D eigenvalue weighted by molar-refractivity contribution is 6.05. The summed E-state index contributed by atoms with van der Waals surface area (Å²) >= 11 is 0. The normalized spacial score (nSPS) is 10.0. The van der Waals surface area contributed by atoms with Crippen LogP contribution < -0.4 is 15.8 Å². The summed E-state index contributed by atoms with van der Waals surface area (Å²) < 4.78 is 4.90. The van der Waals surface area contributed by atoms with E-state index in [2.05, 4.69) is 20.3 Å². The van der Waals surface area contributed by atoms with Crippen LogP contribution in [-0.4, -0.2) is 28.0 Å². The van der Waals surface area contributed by atoms with Gasteiger partial charge in [0.2, 0.25) is 5.88 Å². The third kappa shape index (κ3) is 2.95. The number of rotatable bonds is 3. The van der Waals surface area contributed by atoms with Crippen LogP contribution >= 0.6 is 0 Å². The van der Waals surface area contributed by atoms with Crippen molar-refractivity contribution in [3.05, 3.63) is 35.8 Å². The molecule has 7 heteroatoms. The molecule has 98 valence electrons. The summed E-state index contributed by atoms with van der Waals surface area (Å²) in [4.78, 5) is 24.0. The number of nitrogens with zero attached hydrogens (tertiary/aromatic N) is 3. The first kappa shape index (κ1) is 12.7. The van der Waals surface area contributed by atoms with E-state index >= 15 is 0 Å². The average molecular weight is 259 g/mol. The van der Waals surface area contributed by atoms with E-state index in [4.69, 9.17) is 10.5 Å². The number of nitrogens with one attached hydrogen (secondary N) is 1. The molecule has 19 heavy (non-hydrogen) atoms. The number of ether oxygens (including phenoxy) is 1. The predicted octanol–water partition coefficient (Wildman–Crippen LogP) is 1.02. The number of nitrogens with two attached hydrogens (primary N) is 1. The summed E-state index contributed by atoms with van der Waals surface area (Å²) in [6.45, 7) is 1.83. The van der Waals surface area contributed by atoms with Crippen LogP contribution in [0.5, 0.6) is 5.88 Å². The van der Waals surface area contributed by atoms with Crippen molar-refractivity contribution < 1.29 is 9.53 Å². The Morgan fingerprint density at radius 3 is 2.84 bits per heavy atom. The molecule has 0 aliphatic carbocycles. The first-order chi connectivity index (χ1) is 9.10. The van der Waals surface area contributed by atoms with E-state index in [0.717, 1.165) is 5.69 Å². The van der Waals surface area contributed by atoms with Gasteiger partial charge in [-0.25, -0.2) is 15.0 Å². The number of pyridine rings is 1. The fourth-order valence-corrected chi connectivity index (χ4v) is 1.44. The SMILES string of the molecule is COc1cnc(N)c(C(=O)Nc2cccc(C)n2)n1. The molecule has 2 aromatic heterocycles. The van der Waals surface area contributed by atoms with Gasteiger partial charge in [-0.3, -0.25) is 4.79 Å². The Kier molecular flexibility index (Phi) is 3.56. The molecular weight excluding hydrogens is 246 g/mol. The van der Waals surface area contributed by atoms with Gasteiger partial charge < -0.3 is 15.8 Å². The van der Waals surface area contributed by atoms with Crippen LogP contribution in [-0.2, 0) is 0 Å². The maximum absolute atomic E-state index is 12.0. The van der Waals surface area contributed by atoms with Crippen LogP contribution in [0.25, 0.3) is 0 Å². The van der Waals surface area contributed by atoms with Crippen molar-refractivity contribution in [1.29, 1.82) is 0 Å². The second-order valence-electron chi connectivity index (χ2n) is 3.76. The van der Waals surface area contributed by atoms with Crippen LogP contribution in [0.2, 0.25) is 0 Å². The number of methoxy groups -OCH3 is 1. The summed E-state index contributed by atoms with van der Waals surface area (Å²) in [5.41, 5.74) is 6.41. The Balaban J connectivity index is 2.25. The van der Waals surface area contributed by atoms with Crippen molar-refractivity contribution in [2.75, 3.05) is 18.2 Å². The van der Waals surface area contributed by atoms with Gasteiger partial charge in [-0.2, -0.15) is 0 Å². The van der Waals surface area contributed by atoms with Gasteiger partial charge in [-0.1, -0.05) is 6.07 Å². The summed E-state index contributed by atoms with van der Waals surface area (Å²) in [6.07, 6.45) is 1.34. The molecular formula is C12H13N5O2. The lowest BCUT2D eigenvalue weighted by Crippen LogP contribution is -2.18.